The molecule has 0 saturated carbocycles. The minimum Gasteiger partial charge on any atom is -0.409 e. The van der Waals surface area contributed by atoms with Gasteiger partial charge in [0, 0.05) is 20.2 Å². The Kier molecular flexibility index (Phi) is 8.13. The molecule has 0 aliphatic carbocycles. The molecule has 0 saturated heterocycles. The van der Waals surface area contributed by atoms with Gasteiger partial charge in [-0.15, -0.1) is 0 Å². The van der Waals surface area contributed by atoms with Gasteiger partial charge in [0.2, 0.25) is 5.91 Å². The summed E-state index contributed by atoms with van der Waals surface area (Å²) in [5.41, 5.74) is 5.52. The van der Waals surface area contributed by atoms with Crippen LogP contribution in [-0.2, 0) is 9.53 Å². The van der Waals surface area contributed by atoms with E-state index in [1.54, 1.807) is 11.9 Å². The lowest BCUT2D eigenvalue weighted by atomic mass is 10.0. The van der Waals surface area contributed by atoms with E-state index in [4.69, 9.17) is 15.7 Å². The number of likely N-dealkylation sites (N-methyl/N-ethyl adjacent to an activating group) is 1. The quantitative estimate of drug-likeness (QED) is 0.216. The zero-order valence-electron chi connectivity index (χ0n) is 10.8. The maximum absolute atomic E-state index is 12.0. The molecule has 0 aromatic carbocycles. The first kappa shape index (κ1) is 15.7. The Morgan fingerprint density at radius 3 is 2.65 bits per heavy atom. The van der Waals surface area contributed by atoms with Crippen LogP contribution in [0.5, 0.6) is 0 Å². The molecule has 17 heavy (non-hydrogen) atoms. The summed E-state index contributed by atoms with van der Waals surface area (Å²) in [7, 11) is 1.69. The lowest BCUT2D eigenvalue weighted by molar-refractivity contribution is -0.133. The fraction of sp³-hybridized carbons (Fsp3) is 0.818. The van der Waals surface area contributed by atoms with Gasteiger partial charge in [-0.05, 0) is 13.3 Å². The molecule has 0 fully saturated rings. The van der Waals surface area contributed by atoms with Crippen LogP contribution in [-0.4, -0.2) is 48.7 Å². The SMILES string of the molecule is CCCC(C(=O)N(C)CCOCC)C(N)=NO. The van der Waals surface area contributed by atoms with Crippen LogP contribution in [0, 0.1) is 5.92 Å². The Morgan fingerprint density at radius 2 is 2.18 bits per heavy atom. The summed E-state index contributed by atoms with van der Waals surface area (Å²) < 4.78 is 5.18. The number of rotatable bonds is 8. The van der Waals surface area contributed by atoms with Gasteiger partial charge in [-0.3, -0.25) is 4.79 Å². The van der Waals surface area contributed by atoms with Crippen LogP contribution < -0.4 is 5.73 Å². The molecule has 0 bridgehead atoms. The van der Waals surface area contributed by atoms with Crippen LogP contribution >= 0.6 is 0 Å². The zero-order chi connectivity index (χ0) is 13.3. The number of carbonyl (C=O) groups excluding carboxylic acids is 1. The van der Waals surface area contributed by atoms with Crippen molar-refractivity contribution in [1.82, 2.24) is 4.90 Å². The normalized spacial score (nSPS) is 13.5. The molecule has 0 aliphatic rings. The van der Waals surface area contributed by atoms with Gasteiger partial charge < -0.3 is 20.6 Å². The monoisotopic (exact) mass is 245 g/mol. The van der Waals surface area contributed by atoms with Crippen molar-refractivity contribution in [3.8, 4) is 0 Å². The average Bonchev–Trinajstić information content (AvgIpc) is 2.34. The Labute approximate surface area is 102 Å². The Morgan fingerprint density at radius 1 is 1.53 bits per heavy atom. The van der Waals surface area contributed by atoms with E-state index in [1.165, 1.54) is 0 Å². The molecule has 1 amide bonds. The summed E-state index contributed by atoms with van der Waals surface area (Å²) in [4.78, 5) is 13.6. The van der Waals surface area contributed by atoms with E-state index < -0.39 is 5.92 Å². The van der Waals surface area contributed by atoms with Crippen LogP contribution in [0.1, 0.15) is 26.7 Å². The smallest absolute Gasteiger partial charge is 0.233 e. The van der Waals surface area contributed by atoms with Crippen molar-refractivity contribution in [1.29, 1.82) is 0 Å². The van der Waals surface area contributed by atoms with Gasteiger partial charge in [0.25, 0.3) is 0 Å². The van der Waals surface area contributed by atoms with E-state index in [1.807, 2.05) is 13.8 Å². The third-order valence-electron chi connectivity index (χ3n) is 2.50. The highest BCUT2D eigenvalue weighted by Gasteiger charge is 2.25. The molecular weight excluding hydrogens is 222 g/mol. The molecule has 6 heteroatoms. The van der Waals surface area contributed by atoms with Gasteiger partial charge in [-0.1, -0.05) is 18.5 Å². The van der Waals surface area contributed by atoms with Crippen molar-refractivity contribution in [3.63, 3.8) is 0 Å². The minimum atomic E-state index is -0.545. The van der Waals surface area contributed by atoms with Crippen LogP contribution in [0.4, 0.5) is 0 Å². The number of ether oxygens (including phenoxy) is 1. The number of amidine groups is 1. The topological polar surface area (TPSA) is 88.2 Å². The van der Waals surface area contributed by atoms with Gasteiger partial charge in [0.05, 0.1) is 12.5 Å². The number of carbonyl (C=O) groups is 1. The number of amides is 1. The van der Waals surface area contributed by atoms with Gasteiger partial charge in [0.1, 0.15) is 0 Å². The van der Waals surface area contributed by atoms with Gasteiger partial charge in [0.15, 0.2) is 5.84 Å². The van der Waals surface area contributed by atoms with E-state index in [0.29, 0.717) is 26.2 Å². The summed E-state index contributed by atoms with van der Waals surface area (Å²) in [5, 5.41) is 11.6. The molecule has 3 N–H and O–H groups in total. The maximum atomic E-state index is 12.0. The van der Waals surface area contributed by atoms with Gasteiger partial charge >= 0.3 is 0 Å². The fourth-order valence-corrected chi connectivity index (χ4v) is 1.48. The van der Waals surface area contributed by atoms with Crippen molar-refractivity contribution in [2.45, 2.75) is 26.7 Å². The van der Waals surface area contributed by atoms with Crippen LogP contribution in [0.3, 0.4) is 0 Å². The summed E-state index contributed by atoms with van der Waals surface area (Å²) in [6.45, 7) is 5.48. The molecule has 6 nitrogen and oxygen atoms in total. The lowest BCUT2D eigenvalue weighted by Gasteiger charge is -2.22. The highest BCUT2D eigenvalue weighted by molar-refractivity contribution is 6.01. The van der Waals surface area contributed by atoms with Crippen molar-refractivity contribution in [2.24, 2.45) is 16.8 Å². The minimum absolute atomic E-state index is 0.0277. The fourth-order valence-electron chi connectivity index (χ4n) is 1.48. The Balaban J connectivity index is 4.39. The Bertz CT molecular complexity index is 256. The second-order valence-electron chi connectivity index (χ2n) is 3.82. The number of hydrogen-bond donors (Lipinski definition) is 2. The summed E-state index contributed by atoms with van der Waals surface area (Å²) in [6.07, 6.45) is 1.37. The van der Waals surface area contributed by atoms with Crippen molar-refractivity contribution < 1.29 is 14.7 Å². The molecule has 100 valence electrons. The van der Waals surface area contributed by atoms with E-state index >= 15 is 0 Å². The van der Waals surface area contributed by atoms with Gasteiger partial charge in [-0.25, -0.2) is 0 Å². The largest absolute Gasteiger partial charge is 0.409 e. The third kappa shape index (κ3) is 5.53. The summed E-state index contributed by atoms with van der Waals surface area (Å²) >= 11 is 0. The third-order valence-corrected chi connectivity index (χ3v) is 2.50. The second-order valence-corrected chi connectivity index (χ2v) is 3.82. The molecule has 0 rings (SSSR count). The molecule has 0 aliphatic heterocycles. The van der Waals surface area contributed by atoms with E-state index in [2.05, 4.69) is 5.16 Å². The first-order valence-corrected chi connectivity index (χ1v) is 5.88. The highest BCUT2D eigenvalue weighted by Crippen LogP contribution is 2.10. The first-order valence-electron chi connectivity index (χ1n) is 5.88. The Hall–Kier alpha value is -1.30. The standard InChI is InChI=1S/C11H23N3O3/c1-4-6-9(10(12)13-16)11(15)14(3)7-8-17-5-2/h9,16H,4-8H2,1-3H3,(H2,12,13). The summed E-state index contributed by atoms with van der Waals surface area (Å²) in [5.74, 6) is -0.710. The van der Waals surface area contributed by atoms with E-state index in [-0.39, 0.29) is 11.7 Å². The van der Waals surface area contributed by atoms with Crippen LogP contribution in [0.2, 0.25) is 0 Å². The van der Waals surface area contributed by atoms with Crippen molar-refractivity contribution in [3.05, 3.63) is 0 Å². The summed E-state index contributed by atoms with van der Waals surface area (Å²) in [6, 6.07) is 0. The van der Waals surface area contributed by atoms with Crippen LogP contribution in [0.15, 0.2) is 5.16 Å². The van der Waals surface area contributed by atoms with Crippen molar-refractivity contribution in [2.75, 3.05) is 26.8 Å². The average molecular weight is 245 g/mol. The maximum Gasteiger partial charge on any atom is 0.233 e. The highest BCUT2D eigenvalue weighted by atomic mass is 16.5. The van der Waals surface area contributed by atoms with Gasteiger partial charge in [-0.2, -0.15) is 0 Å². The molecular formula is C11H23N3O3. The molecule has 0 aromatic rings. The first-order chi connectivity index (χ1) is 8.08. The predicted octanol–water partition coefficient (Wildman–Crippen LogP) is 0.644. The van der Waals surface area contributed by atoms with E-state index in [0.717, 1.165) is 6.42 Å². The molecule has 1 atom stereocenters. The molecule has 0 aromatic heterocycles. The number of oxime groups is 1. The molecule has 0 radical (unpaired) electrons. The molecule has 0 spiro atoms. The van der Waals surface area contributed by atoms with Crippen molar-refractivity contribution >= 4 is 11.7 Å². The second kappa shape index (κ2) is 8.81. The van der Waals surface area contributed by atoms with E-state index in [9.17, 15) is 4.79 Å². The number of nitrogens with two attached hydrogens (primary N) is 1. The van der Waals surface area contributed by atoms with Crippen LogP contribution in [0.25, 0.3) is 0 Å². The lowest BCUT2D eigenvalue weighted by Crippen LogP contribution is -2.41. The predicted molar refractivity (Wildman–Crippen MR) is 65.9 cm³/mol. The molecule has 0 heterocycles. The molecule has 1 unspecified atom stereocenters. The number of hydrogen-bond acceptors (Lipinski definition) is 4. The zero-order valence-corrected chi connectivity index (χ0v) is 10.8. The number of nitrogens with zero attached hydrogens (tertiary/aromatic N) is 2.